The fourth-order valence-corrected chi connectivity index (χ4v) is 4.55. The number of benzene rings is 3. The van der Waals surface area contributed by atoms with Crippen molar-refractivity contribution in [3.8, 4) is 5.75 Å². The van der Waals surface area contributed by atoms with Crippen LogP contribution in [0, 0.1) is 13.8 Å². The number of phenols is 1. The third-order valence-corrected chi connectivity index (χ3v) is 6.62. The average Bonchev–Trinajstić information content (AvgIpc) is 3.06. The second-order valence-corrected chi connectivity index (χ2v) is 10.4. The Labute approximate surface area is 210 Å². The minimum absolute atomic E-state index is 0.0356. The maximum atomic E-state index is 13.4. The van der Waals surface area contributed by atoms with Gasteiger partial charge in [0.2, 0.25) is 0 Å². The van der Waals surface area contributed by atoms with Crippen molar-refractivity contribution in [1.29, 1.82) is 0 Å². The Kier molecular flexibility index (Phi) is 6.24. The average molecular weight is 490 g/mol. The number of amides is 1. The molecule has 3 aromatic carbocycles. The Balaban J connectivity index is 2.00. The number of aliphatic hydroxyl groups is 1. The number of carbonyl (C=O) groups is 2. The predicted octanol–water partition coefficient (Wildman–Crippen LogP) is 6.59. The lowest BCUT2D eigenvalue weighted by atomic mass is 9.85. The molecule has 0 spiro atoms. The van der Waals surface area contributed by atoms with Gasteiger partial charge in [-0.3, -0.25) is 14.5 Å². The topological polar surface area (TPSA) is 77.8 Å². The fraction of sp³-hybridized carbons (Fsp3) is 0.241. The highest BCUT2D eigenvalue weighted by molar-refractivity contribution is 6.52. The molecule has 0 bridgehead atoms. The van der Waals surface area contributed by atoms with Gasteiger partial charge in [0.1, 0.15) is 11.5 Å². The molecule has 0 aromatic heterocycles. The minimum atomic E-state index is -0.951. The molecule has 1 aliphatic heterocycles. The van der Waals surface area contributed by atoms with E-state index in [1.54, 1.807) is 6.07 Å². The number of aliphatic hydroxyl groups excluding tert-OH is 1. The first-order valence-electron chi connectivity index (χ1n) is 11.4. The zero-order valence-corrected chi connectivity index (χ0v) is 21.1. The summed E-state index contributed by atoms with van der Waals surface area (Å²) in [6.07, 6.45) is 0. The summed E-state index contributed by atoms with van der Waals surface area (Å²) in [6, 6.07) is 16.5. The lowest BCUT2D eigenvalue weighted by Crippen LogP contribution is -2.29. The van der Waals surface area contributed by atoms with E-state index in [9.17, 15) is 19.8 Å². The van der Waals surface area contributed by atoms with Crippen LogP contribution in [-0.2, 0) is 15.0 Å². The molecular weight excluding hydrogens is 462 g/mol. The van der Waals surface area contributed by atoms with E-state index in [-0.39, 0.29) is 28.2 Å². The highest BCUT2D eigenvalue weighted by Crippen LogP contribution is 2.46. The summed E-state index contributed by atoms with van der Waals surface area (Å²) >= 11 is 6.18. The van der Waals surface area contributed by atoms with Gasteiger partial charge >= 0.3 is 0 Å². The van der Waals surface area contributed by atoms with Gasteiger partial charge in [0.15, 0.2) is 0 Å². The van der Waals surface area contributed by atoms with Crippen molar-refractivity contribution in [2.24, 2.45) is 0 Å². The van der Waals surface area contributed by atoms with Crippen LogP contribution < -0.4 is 4.90 Å². The molecule has 1 heterocycles. The molecule has 35 heavy (non-hydrogen) atoms. The van der Waals surface area contributed by atoms with Crippen LogP contribution in [0.15, 0.2) is 66.2 Å². The third kappa shape index (κ3) is 4.44. The largest absolute Gasteiger partial charge is 0.507 e. The van der Waals surface area contributed by atoms with Gasteiger partial charge in [0.05, 0.1) is 17.3 Å². The molecule has 1 saturated heterocycles. The SMILES string of the molecule is Cc1ccc(C)c(/C(O)=C2\C(=O)C(=O)N(c3cc(Cl)ccc3O)C2c2ccc(C(C)(C)C)cc2)c1. The van der Waals surface area contributed by atoms with Gasteiger partial charge in [0.25, 0.3) is 11.7 Å². The van der Waals surface area contributed by atoms with E-state index in [1.165, 1.54) is 23.1 Å². The number of ketones is 1. The maximum Gasteiger partial charge on any atom is 0.300 e. The molecule has 0 radical (unpaired) electrons. The number of halogens is 1. The number of phenolic OH excluding ortho intramolecular Hbond substituents is 1. The second kappa shape index (κ2) is 8.90. The van der Waals surface area contributed by atoms with E-state index in [1.807, 2.05) is 50.2 Å². The summed E-state index contributed by atoms with van der Waals surface area (Å²) in [5.41, 5.74) is 3.84. The highest BCUT2D eigenvalue weighted by Gasteiger charge is 2.48. The number of hydrogen-bond acceptors (Lipinski definition) is 4. The molecular formula is C29H28ClNO4. The van der Waals surface area contributed by atoms with Gasteiger partial charge in [-0.05, 0) is 60.2 Å². The van der Waals surface area contributed by atoms with E-state index in [4.69, 9.17) is 11.6 Å². The lowest BCUT2D eigenvalue weighted by molar-refractivity contribution is -0.132. The zero-order valence-electron chi connectivity index (χ0n) is 20.4. The van der Waals surface area contributed by atoms with Crippen LogP contribution in [0.5, 0.6) is 5.75 Å². The van der Waals surface area contributed by atoms with Crippen molar-refractivity contribution in [3.63, 3.8) is 0 Å². The van der Waals surface area contributed by atoms with E-state index < -0.39 is 17.7 Å². The maximum absolute atomic E-state index is 13.4. The van der Waals surface area contributed by atoms with Crippen LogP contribution in [0.4, 0.5) is 5.69 Å². The molecule has 1 aliphatic rings. The predicted molar refractivity (Wildman–Crippen MR) is 139 cm³/mol. The van der Waals surface area contributed by atoms with Gasteiger partial charge in [-0.2, -0.15) is 0 Å². The summed E-state index contributed by atoms with van der Waals surface area (Å²) in [6.45, 7) is 10.0. The van der Waals surface area contributed by atoms with Crippen molar-refractivity contribution < 1.29 is 19.8 Å². The molecule has 2 N–H and O–H groups in total. The molecule has 0 aliphatic carbocycles. The van der Waals surface area contributed by atoms with Gasteiger partial charge in [0, 0.05) is 10.6 Å². The summed E-state index contributed by atoms with van der Waals surface area (Å²) in [4.78, 5) is 28.0. The first kappa shape index (κ1) is 24.6. The Morgan fingerprint density at radius 1 is 0.943 bits per heavy atom. The molecule has 1 atom stereocenters. The summed E-state index contributed by atoms with van der Waals surface area (Å²) in [7, 11) is 0. The molecule has 1 fully saturated rings. The Morgan fingerprint density at radius 3 is 2.23 bits per heavy atom. The van der Waals surface area contributed by atoms with Crippen molar-refractivity contribution in [2.45, 2.75) is 46.1 Å². The quantitative estimate of drug-likeness (QED) is 0.247. The summed E-state index contributed by atoms with van der Waals surface area (Å²) < 4.78 is 0. The van der Waals surface area contributed by atoms with Crippen LogP contribution in [0.25, 0.3) is 5.76 Å². The Hall–Kier alpha value is -3.57. The van der Waals surface area contributed by atoms with E-state index >= 15 is 0 Å². The van der Waals surface area contributed by atoms with Crippen LogP contribution in [0.1, 0.15) is 54.6 Å². The minimum Gasteiger partial charge on any atom is -0.507 e. The van der Waals surface area contributed by atoms with E-state index in [2.05, 4.69) is 20.8 Å². The smallest absolute Gasteiger partial charge is 0.300 e. The highest BCUT2D eigenvalue weighted by atomic mass is 35.5. The summed E-state index contributed by atoms with van der Waals surface area (Å²) in [5, 5.41) is 22.3. The zero-order chi connectivity index (χ0) is 25.7. The molecule has 0 saturated carbocycles. The monoisotopic (exact) mass is 489 g/mol. The van der Waals surface area contributed by atoms with Crippen molar-refractivity contribution in [2.75, 3.05) is 4.90 Å². The number of aromatic hydroxyl groups is 1. The van der Waals surface area contributed by atoms with Gasteiger partial charge in [-0.1, -0.05) is 74.3 Å². The molecule has 6 heteroatoms. The van der Waals surface area contributed by atoms with Crippen LogP contribution in [0.2, 0.25) is 5.02 Å². The second-order valence-electron chi connectivity index (χ2n) is 9.99. The first-order valence-corrected chi connectivity index (χ1v) is 11.8. The molecule has 4 rings (SSSR count). The van der Waals surface area contributed by atoms with Gasteiger partial charge < -0.3 is 10.2 Å². The number of hydrogen-bond donors (Lipinski definition) is 2. The number of rotatable bonds is 3. The van der Waals surface area contributed by atoms with Gasteiger partial charge in [-0.25, -0.2) is 0 Å². The fourth-order valence-electron chi connectivity index (χ4n) is 4.39. The number of Topliss-reactive ketones (excluding diaryl/α,β-unsaturated/α-hetero) is 1. The van der Waals surface area contributed by atoms with Crippen LogP contribution >= 0.6 is 11.6 Å². The normalized spacial score (nSPS) is 17.8. The Bertz CT molecular complexity index is 1370. The number of carbonyl (C=O) groups excluding carboxylic acids is 2. The number of anilines is 1. The molecule has 180 valence electrons. The van der Waals surface area contributed by atoms with Crippen molar-refractivity contribution >= 4 is 34.7 Å². The standard InChI is InChI=1S/C29H28ClNO4/c1-16-6-7-17(2)21(14-16)26(33)24-25(18-8-10-19(11-9-18)29(3,4)5)31(28(35)27(24)34)22-15-20(30)12-13-23(22)32/h6-15,25,32-33H,1-5H3/b26-24+. The first-order chi connectivity index (χ1) is 16.4. The molecule has 3 aromatic rings. The number of aryl methyl sites for hydroxylation is 2. The molecule has 1 amide bonds. The van der Waals surface area contributed by atoms with E-state index in [0.717, 1.165) is 16.7 Å². The Morgan fingerprint density at radius 2 is 1.60 bits per heavy atom. The van der Waals surface area contributed by atoms with Crippen molar-refractivity contribution in [3.05, 3.63) is 99.1 Å². The lowest BCUT2D eigenvalue weighted by Gasteiger charge is -2.27. The van der Waals surface area contributed by atoms with Crippen molar-refractivity contribution in [1.82, 2.24) is 0 Å². The van der Waals surface area contributed by atoms with E-state index in [0.29, 0.717) is 16.1 Å². The summed E-state index contributed by atoms with van der Waals surface area (Å²) in [5.74, 6) is -2.12. The van der Waals surface area contributed by atoms with Crippen LogP contribution in [-0.4, -0.2) is 21.9 Å². The van der Waals surface area contributed by atoms with Gasteiger partial charge in [-0.15, -0.1) is 0 Å². The molecule has 1 unspecified atom stereocenters. The van der Waals surface area contributed by atoms with Crippen LogP contribution in [0.3, 0.4) is 0 Å². The number of nitrogens with zero attached hydrogens (tertiary/aromatic N) is 1. The molecule has 5 nitrogen and oxygen atoms in total. The third-order valence-electron chi connectivity index (χ3n) is 6.38.